The molecule has 1 fully saturated rings. The minimum atomic E-state index is -1.01. The molecule has 1 saturated heterocycles. The molecule has 2 heterocycles. The third-order valence-electron chi connectivity index (χ3n) is 3.85. The van der Waals surface area contributed by atoms with Crippen molar-refractivity contribution in [3.05, 3.63) is 46.5 Å². The number of carboxylic acid groups (broad SMARTS) is 1. The lowest BCUT2D eigenvalue weighted by molar-refractivity contribution is -0.143. The zero-order chi connectivity index (χ0) is 15.7. The summed E-state index contributed by atoms with van der Waals surface area (Å²) in [5, 5.41) is 9.70. The van der Waals surface area contributed by atoms with Gasteiger partial charge in [0, 0.05) is 23.4 Å². The van der Waals surface area contributed by atoms with Gasteiger partial charge < -0.3 is 10.0 Å². The Morgan fingerprint density at radius 3 is 2.68 bits per heavy atom. The summed E-state index contributed by atoms with van der Waals surface area (Å²) in [6.45, 7) is 0.542. The molecule has 3 rings (SSSR count). The number of carbonyl (C=O) groups excluding carboxylic acids is 2. The van der Waals surface area contributed by atoms with Crippen molar-refractivity contribution in [2.24, 2.45) is 5.92 Å². The summed E-state index contributed by atoms with van der Waals surface area (Å²) in [5.41, 5.74) is 1.14. The fourth-order valence-electron chi connectivity index (χ4n) is 2.84. The Hall–Kier alpha value is -2.08. The molecule has 0 radical (unpaired) electrons. The monoisotopic (exact) mass is 317 g/mol. The van der Waals surface area contributed by atoms with Crippen LogP contribution in [0.25, 0.3) is 0 Å². The number of thioether (sulfide) groups is 1. The number of rotatable bonds is 4. The van der Waals surface area contributed by atoms with Gasteiger partial charge in [0.15, 0.2) is 5.78 Å². The molecule has 0 bridgehead atoms. The number of amides is 1. The summed E-state index contributed by atoms with van der Waals surface area (Å²) in [6, 6.07) is 8.90. The van der Waals surface area contributed by atoms with E-state index in [9.17, 15) is 14.4 Å². The lowest BCUT2D eigenvalue weighted by Gasteiger charge is -2.30. The number of nitrogens with zero attached hydrogens (tertiary/aromatic N) is 1. The Labute approximate surface area is 132 Å². The highest BCUT2D eigenvalue weighted by atomic mass is 32.2. The number of hydrogen-bond donors (Lipinski definition) is 1. The van der Waals surface area contributed by atoms with E-state index < -0.39 is 11.9 Å². The second kappa shape index (κ2) is 5.96. The predicted molar refractivity (Wildman–Crippen MR) is 82.3 cm³/mol. The van der Waals surface area contributed by atoms with Crippen LogP contribution in [0.5, 0.6) is 0 Å². The van der Waals surface area contributed by atoms with E-state index in [4.69, 9.17) is 5.11 Å². The van der Waals surface area contributed by atoms with Crippen LogP contribution >= 0.6 is 11.8 Å². The SMILES string of the molecule is O=C(O)C[C@@H]1CC(C(=O)c2ccccc2)=C2SCCN2C1=O. The van der Waals surface area contributed by atoms with Crippen LogP contribution in [-0.2, 0) is 9.59 Å². The van der Waals surface area contributed by atoms with Gasteiger partial charge in [-0.2, -0.15) is 0 Å². The second-order valence-corrected chi connectivity index (χ2v) is 6.40. The molecule has 0 unspecified atom stereocenters. The van der Waals surface area contributed by atoms with Gasteiger partial charge in [-0.05, 0) is 6.42 Å². The third kappa shape index (κ3) is 2.66. The van der Waals surface area contributed by atoms with Crippen LogP contribution < -0.4 is 0 Å². The smallest absolute Gasteiger partial charge is 0.304 e. The quantitative estimate of drug-likeness (QED) is 0.861. The van der Waals surface area contributed by atoms with Crippen molar-refractivity contribution in [3.63, 3.8) is 0 Å². The molecule has 2 aliphatic rings. The van der Waals surface area contributed by atoms with Gasteiger partial charge in [0.2, 0.25) is 5.91 Å². The van der Waals surface area contributed by atoms with Crippen molar-refractivity contribution in [3.8, 4) is 0 Å². The number of carbonyl (C=O) groups is 3. The van der Waals surface area contributed by atoms with E-state index in [2.05, 4.69) is 0 Å². The molecule has 114 valence electrons. The van der Waals surface area contributed by atoms with Gasteiger partial charge in [0.25, 0.3) is 0 Å². The van der Waals surface area contributed by atoms with E-state index in [1.807, 2.05) is 6.07 Å². The largest absolute Gasteiger partial charge is 0.481 e. The number of Topliss-reactive ketones (excluding diaryl/α,β-unsaturated/α-hetero) is 1. The molecular formula is C16H15NO4S. The van der Waals surface area contributed by atoms with Crippen molar-refractivity contribution >= 4 is 29.4 Å². The highest BCUT2D eigenvalue weighted by Crippen LogP contribution is 2.40. The maximum atomic E-state index is 12.7. The molecule has 1 atom stereocenters. The molecule has 5 nitrogen and oxygen atoms in total. The number of aliphatic carboxylic acids is 1. The minimum absolute atomic E-state index is 0.113. The maximum absolute atomic E-state index is 12.7. The summed E-state index contributed by atoms with van der Waals surface area (Å²) < 4.78 is 0. The van der Waals surface area contributed by atoms with Crippen LogP contribution in [0.3, 0.4) is 0 Å². The van der Waals surface area contributed by atoms with Crippen molar-refractivity contribution in [1.29, 1.82) is 0 Å². The topological polar surface area (TPSA) is 74.7 Å². The van der Waals surface area contributed by atoms with Gasteiger partial charge in [0.1, 0.15) is 0 Å². The van der Waals surface area contributed by atoms with Gasteiger partial charge in [-0.15, -0.1) is 11.8 Å². The van der Waals surface area contributed by atoms with E-state index in [1.54, 1.807) is 29.2 Å². The average molecular weight is 317 g/mol. The minimum Gasteiger partial charge on any atom is -0.481 e. The fraction of sp³-hybridized carbons (Fsp3) is 0.312. The highest BCUT2D eigenvalue weighted by Gasteiger charge is 2.40. The molecule has 2 aliphatic heterocycles. The Morgan fingerprint density at radius 2 is 2.00 bits per heavy atom. The van der Waals surface area contributed by atoms with Crippen LogP contribution in [0.1, 0.15) is 23.2 Å². The van der Waals surface area contributed by atoms with Crippen molar-refractivity contribution in [1.82, 2.24) is 4.90 Å². The Balaban J connectivity index is 1.97. The molecule has 0 spiro atoms. The molecule has 0 aromatic heterocycles. The maximum Gasteiger partial charge on any atom is 0.304 e. The molecule has 0 saturated carbocycles. The van der Waals surface area contributed by atoms with Crippen LogP contribution in [0, 0.1) is 5.92 Å². The van der Waals surface area contributed by atoms with Gasteiger partial charge in [0.05, 0.1) is 17.4 Å². The highest BCUT2D eigenvalue weighted by molar-refractivity contribution is 8.03. The van der Waals surface area contributed by atoms with Crippen LogP contribution in [0.4, 0.5) is 0 Å². The summed E-state index contributed by atoms with van der Waals surface area (Å²) in [5.74, 6) is -1.21. The normalized spacial score (nSPS) is 21.0. The van der Waals surface area contributed by atoms with Crippen molar-refractivity contribution in [2.45, 2.75) is 12.8 Å². The number of ketones is 1. The second-order valence-electron chi connectivity index (χ2n) is 5.32. The van der Waals surface area contributed by atoms with Gasteiger partial charge in [-0.25, -0.2) is 0 Å². The average Bonchev–Trinajstić information content (AvgIpc) is 3.00. The van der Waals surface area contributed by atoms with E-state index in [1.165, 1.54) is 11.8 Å². The van der Waals surface area contributed by atoms with Gasteiger partial charge in [-0.1, -0.05) is 30.3 Å². The molecule has 0 aliphatic carbocycles. The third-order valence-corrected chi connectivity index (χ3v) is 4.98. The molecule has 6 heteroatoms. The van der Waals surface area contributed by atoms with Crippen LogP contribution in [0.2, 0.25) is 0 Å². The Bertz CT molecular complexity index is 668. The number of hydrogen-bond acceptors (Lipinski definition) is 4. The first-order valence-corrected chi connectivity index (χ1v) is 8.05. The van der Waals surface area contributed by atoms with E-state index in [0.717, 1.165) is 5.75 Å². The standard InChI is InChI=1S/C16H15NO4S/c18-13(19)9-11-8-12(14(20)10-4-2-1-3-5-10)16-17(15(11)21)6-7-22-16/h1-5,11H,6-9H2,(H,18,19)/t11-/m0/s1. The predicted octanol–water partition coefficient (Wildman–Crippen LogP) is 2.15. The Morgan fingerprint density at radius 1 is 1.27 bits per heavy atom. The van der Waals surface area contributed by atoms with E-state index in [0.29, 0.717) is 22.7 Å². The molecule has 22 heavy (non-hydrogen) atoms. The first kappa shape index (κ1) is 14.8. The lowest BCUT2D eigenvalue weighted by Crippen LogP contribution is -2.39. The Kier molecular flexibility index (Phi) is 4.02. The van der Waals surface area contributed by atoms with Gasteiger partial charge in [-0.3, -0.25) is 14.4 Å². The summed E-state index contributed by atoms with van der Waals surface area (Å²) >= 11 is 1.50. The molecule has 1 aromatic carbocycles. The number of carboxylic acids is 1. The molecule has 1 N–H and O–H groups in total. The van der Waals surface area contributed by atoms with Crippen LogP contribution in [0.15, 0.2) is 40.9 Å². The van der Waals surface area contributed by atoms with Crippen LogP contribution in [-0.4, -0.2) is 40.0 Å². The van der Waals surface area contributed by atoms with E-state index >= 15 is 0 Å². The fourth-order valence-corrected chi connectivity index (χ4v) is 3.99. The first-order valence-electron chi connectivity index (χ1n) is 7.07. The summed E-state index contributed by atoms with van der Waals surface area (Å²) in [7, 11) is 0. The molecule has 1 aromatic rings. The summed E-state index contributed by atoms with van der Waals surface area (Å²) in [6.07, 6.45) is -0.0312. The van der Waals surface area contributed by atoms with Gasteiger partial charge >= 0.3 is 5.97 Å². The lowest BCUT2D eigenvalue weighted by atomic mass is 9.88. The number of fused-ring (bicyclic) bond motifs is 1. The van der Waals surface area contributed by atoms with Crippen molar-refractivity contribution < 1.29 is 19.5 Å². The van der Waals surface area contributed by atoms with E-state index in [-0.39, 0.29) is 24.5 Å². The molecule has 1 amide bonds. The zero-order valence-corrected chi connectivity index (χ0v) is 12.6. The summed E-state index contributed by atoms with van der Waals surface area (Å²) in [4.78, 5) is 37.6. The molecular weight excluding hydrogens is 302 g/mol. The van der Waals surface area contributed by atoms with Crippen molar-refractivity contribution in [2.75, 3.05) is 12.3 Å². The zero-order valence-electron chi connectivity index (χ0n) is 11.8. The number of allylic oxidation sites excluding steroid dienone is 1. The number of benzene rings is 1. The first-order chi connectivity index (χ1) is 10.6.